The average Bonchev–Trinajstić information content (AvgIpc) is 2.64. The van der Waals surface area contributed by atoms with E-state index < -0.39 is 5.97 Å². The molecule has 0 saturated heterocycles. The second kappa shape index (κ2) is 13.6. The van der Waals surface area contributed by atoms with Crippen LogP contribution in [0, 0.1) is 0 Å². The molecule has 0 heterocycles. The zero-order valence-corrected chi connectivity index (χ0v) is 16.3. The molecule has 1 aliphatic rings. The summed E-state index contributed by atoms with van der Waals surface area (Å²) >= 11 is 0. The first-order valence-corrected chi connectivity index (χ1v) is 8.97. The van der Waals surface area contributed by atoms with Gasteiger partial charge >= 0.3 is 5.97 Å². The van der Waals surface area contributed by atoms with E-state index in [2.05, 4.69) is 19.7 Å². The van der Waals surface area contributed by atoms with Crippen LogP contribution in [0.4, 0.5) is 0 Å². The predicted molar refractivity (Wildman–Crippen MR) is 104 cm³/mol. The Bertz CT molecular complexity index is 476. The fraction of sp³-hybridized carbons (Fsp3) is 0.571. The fourth-order valence-corrected chi connectivity index (χ4v) is 2.73. The van der Waals surface area contributed by atoms with Gasteiger partial charge in [0.2, 0.25) is 0 Å². The molecular weight excluding hydrogens is 316 g/mol. The molecule has 0 aromatic rings. The Hall–Kier alpha value is -1.65. The number of ether oxygens (including phenoxy) is 3. The molecule has 2 atom stereocenters. The lowest BCUT2D eigenvalue weighted by Gasteiger charge is -2.29. The molecule has 25 heavy (non-hydrogen) atoms. The van der Waals surface area contributed by atoms with E-state index in [4.69, 9.17) is 14.2 Å². The summed E-state index contributed by atoms with van der Waals surface area (Å²) in [4.78, 5) is 11.9. The van der Waals surface area contributed by atoms with E-state index in [1.54, 1.807) is 19.1 Å². The molecule has 0 aliphatic heterocycles. The van der Waals surface area contributed by atoms with Crippen molar-refractivity contribution in [2.75, 3.05) is 20.3 Å². The Morgan fingerprint density at radius 3 is 2.24 bits per heavy atom. The van der Waals surface area contributed by atoms with Gasteiger partial charge in [-0.3, -0.25) is 0 Å². The summed E-state index contributed by atoms with van der Waals surface area (Å²) in [6, 6.07) is 0. The molecule has 2 unspecified atom stereocenters. The minimum atomic E-state index is -0.410. The molecule has 0 aromatic carbocycles. The summed E-state index contributed by atoms with van der Waals surface area (Å²) in [6.45, 7) is 17.9. The zero-order valence-electron chi connectivity index (χ0n) is 16.3. The summed E-state index contributed by atoms with van der Waals surface area (Å²) in [6.07, 6.45) is 7.72. The summed E-state index contributed by atoms with van der Waals surface area (Å²) in [5, 5.41) is 0. The fourth-order valence-electron chi connectivity index (χ4n) is 2.73. The van der Waals surface area contributed by atoms with Crippen molar-refractivity contribution in [3.05, 3.63) is 48.6 Å². The van der Waals surface area contributed by atoms with Gasteiger partial charge in [0.05, 0.1) is 38.1 Å². The quantitative estimate of drug-likeness (QED) is 0.260. The van der Waals surface area contributed by atoms with Gasteiger partial charge < -0.3 is 14.2 Å². The summed E-state index contributed by atoms with van der Waals surface area (Å²) < 4.78 is 16.5. The van der Waals surface area contributed by atoms with Crippen LogP contribution in [0.25, 0.3) is 0 Å². The highest BCUT2D eigenvalue weighted by Crippen LogP contribution is 2.25. The summed E-state index contributed by atoms with van der Waals surface area (Å²) in [5.74, 6) is -0.410. The smallest absolute Gasteiger partial charge is 0.338 e. The number of hydrogen-bond acceptors (Lipinski definition) is 4. The first-order valence-electron chi connectivity index (χ1n) is 8.97. The SMILES string of the molecule is C=CCOC1CCCC(OC/C(C=C)=C(/C(=C)C)C(=O)OC)C1.CC. The molecular formula is C21H34O4. The number of rotatable bonds is 9. The van der Waals surface area contributed by atoms with Gasteiger partial charge in [-0.05, 0) is 43.8 Å². The highest BCUT2D eigenvalue weighted by atomic mass is 16.5. The molecule has 0 bridgehead atoms. The van der Waals surface area contributed by atoms with E-state index >= 15 is 0 Å². The maximum absolute atomic E-state index is 11.9. The largest absolute Gasteiger partial charge is 0.465 e. The van der Waals surface area contributed by atoms with Crippen molar-refractivity contribution in [1.29, 1.82) is 0 Å². The minimum Gasteiger partial charge on any atom is -0.465 e. The maximum Gasteiger partial charge on any atom is 0.338 e. The lowest BCUT2D eigenvalue weighted by Crippen LogP contribution is -2.29. The molecule has 4 heteroatoms. The lowest BCUT2D eigenvalue weighted by molar-refractivity contribution is -0.135. The highest BCUT2D eigenvalue weighted by Gasteiger charge is 2.24. The van der Waals surface area contributed by atoms with E-state index in [-0.39, 0.29) is 12.2 Å². The Morgan fingerprint density at radius 1 is 1.16 bits per heavy atom. The Labute approximate surface area is 153 Å². The monoisotopic (exact) mass is 350 g/mol. The zero-order chi connectivity index (χ0) is 19.2. The van der Waals surface area contributed by atoms with Crippen LogP contribution >= 0.6 is 0 Å². The van der Waals surface area contributed by atoms with E-state index in [0.717, 1.165) is 25.7 Å². The van der Waals surface area contributed by atoms with Crippen molar-refractivity contribution in [2.24, 2.45) is 0 Å². The van der Waals surface area contributed by atoms with Gasteiger partial charge in [-0.1, -0.05) is 39.2 Å². The Morgan fingerprint density at radius 2 is 1.76 bits per heavy atom. The second-order valence-corrected chi connectivity index (χ2v) is 5.72. The van der Waals surface area contributed by atoms with E-state index in [0.29, 0.717) is 29.9 Å². The van der Waals surface area contributed by atoms with Crippen LogP contribution in [0.1, 0.15) is 46.5 Å². The lowest BCUT2D eigenvalue weighted by atomic mass is 9.94. The molecule has 1 saturated carbocycles. The van der Waals surface area contributed by atoms with Crippen molar-refractivity contribution >= 4 is 5.97 Å². The van der Waals surface area contributed by atoms with Gasteiger partial charge in [0, 0.05) is 0 Å². The molecule has 1 aliphatic carbocycles. The van der Waals surface area contributed by atoms with Crippen LogP contribution in [0.3, 0.4) is 0 Å². The van der Waals surface area contributed by atoms with Crippen LogP contribution < -0.4 is 0 Å². The van der Waals surface area contributed by atoms with Crippen LogP contribution in [-0.4, -0.2) is 38.5 Å². The predicted octanol–water partition coefficient (Wildman–Crippen LogP) is 4.77. The topological polar surface area (TPSA) is 44.8 Å². The highest BCUT2D eigenvalue weighted by molar-refractivity contribution is 5.94. The number of methoxy groups -OCH3 is 1. The number of hydrogen-bond donors (Lipinski definition) is 0. The summed E-state index contributed by atoms with van der Waals surface area (Å²) in [5.41, 5.74) is 1.79. The minimum absolute atomic E-state index is 0.123. The van der Waals surface area contributed by atoms with Crippen LogP contribution in [0.15, 0.2) is 48.6 Å². The summed E-state index contributed by atoms with van der Waals surface area (Å²) in [7, 11) is 1.36. The van der Waals surface area contributed by atoms with Gasteiger partial charge in [-0.15, -0.1) is 6.58 Å². The first-order chi connectivity index (χ1) is 12.0. The van der Waals surface area contributed by atoms with Gasteiger partial charge in [-0.25, -0.2) is 4.79 Å². The maximum atomic E-state index is 11.9. The molecule has 0 N–H and O–H groups in total. The van der Waals surface area contributed by atoms with Gasteiger partial charge in [-0.2, -0.15) is 0 Å². The second-order valence-electron chi connectivity index (χ2n) is 5.72. The number of carbonyl (C=O) groups excluding carboxylic acids is 1. The van der Waals surface area contributed by atoms with Crippen LogP contribution in [0.2, 0.25) is 0 Å². The molecule has 0 amide bonds. The van der Waals surface area contributed by atoms with E-state index in [9.17, 15) is 4.79 Å². The van der Waals surface area contributed by atoms with Crippen molar-refractivity contribution in [1.82, 2.24) is 0 Å². The Balaban J connectivity index is 0.00000277. The van der Waals surface area contributed by atoms with E-state index in [1.165, 1.54) is 7.11 Å². The normalized spacial score (nSPS) is 20.5. The molecule has 0 radical (unpaired) electrons. The standard InChI is InChI=1S/C19H28O4.C2H6/c1-6-11-22-16-9-8-10-17(12-16)23-13-15(7-2)18(14(3)4)19(20)21-5;1-2/h6-7,16-17H,1-3,8-13H2,4-5H3;1-2H3/b18-15-;. The van der Waals surface area contributed by atoms with Crippen LogP contribution in [-0.2, 0) is 19.0 Å². The van der Waals surface area contributed by atoms with Crippen molar-refractivity contribution in [3.63, 3.8) is 0 Å². The molecule has 4 nitrogen and oxygen atoms in total. The third-order valence-electron chi connectivity index (χ3n) is 3.89. The average molecular weight is 350 g/mol. The number of carbonyl (C=O) groups is 1. The third-order valence-corrected chi connectivity index (χ3v) is 3.89. The molecule has 0 aromatic heterocycles. The molecule has 0 spiro atoms. The molecule has 1 rings (SSSR count). The number of esters is 1. The van der Waals surface area contributed by atoms with Gasteiger partial charge in [0.25, 0.3) is 0 Å². The first kappa shape index (κ1) is 23.4. The third kappa shape index (κ3) is 8.32. The molecule has 1 fully saturated rings. The van der Waals surface area contributed by atoms with E-state index in [1.807, 2.05) is 13.8 Å². The van der Waals surface area contributed by atoms with Gasteiger partial charge in [0.1, 0.15) is 0 Å². The van der Waals surface area contributed by atoms with Gasteiger partial charge in [0.15, 0.2) is 0 Å². The van der Waals surface area contributed by atoms with Crippen molar-refractivity contribution < 1.29 is 19.0 Å². The van der Waals surface area contributed by atoms with Crippen molar-refractivity contribution in [2.45, 2.75) is 58.7 Å². The molecule has 142 valence electrons. The van der Waals surface area contributed by atoms with Crippen molar-refractivity contribution in [3.8, 4) is 0 Å². The Kier molecular flexibility index (Phi) is 12.7. The van der Waals surface area contributed by atoms with Crippen LogP contribution in [0.5, 0.6) is 0 Å².